The van der Waals surface area contributed by atoms with E-state index < -0.39 is 6.10 Å². The number of morpholine rings is 1. The average Bonchev–Trinajstić information content (AvgIpc) is 2.99. The predicted octanol–water partition coefficient (Wildman–Crippen LogP) is 0.607. The molecule has 0 radical (unpaired) electrons. The number of hydrogen-bond donors (Lipinski definition) is 0. The first kappa shape index (κ1) is 17.7. The number of nitrogens with zero attached hydrogens (tertiary/aromatic N) is 2. The van der Waals surface area contributed by atoms with Gasteiger partial charge in [-0.15, -0.1) is 0 Å². The summed E-state index contributed by atoms with van der Waals surface area (Å²) in [5.74, 6) is 0.651. The molecule has 0 bridgehead atoms. The van der Waals surface area contributed by atoms with Crippen LogP contribution in [0.2, 0.25) is 0 Å². The van der Waals surface area contributed by atoms with E-state index in [1.54, 1.807) is 7.11 Å². The molecule has 128 valence electrons. The van der Waals surface area contributed by atoms with Crippen molar-refractivity contribution in [1.29, 1.82) is 0 Å². The SMILES string of the molecule is CC[C@@H]1CN(C(=O)[C@@H](C)OCCOC)C[C@H]1N1CCOCC1. The third kappa shape index (κ3) is 4.41. The van der Waals surface area contributed by atoms with E-state index >= 15 is 0 Å². The van der Waals surface area contributed by atoms with Crippen LogP contribution in [0.1, 0.15) is 20.3 Å². The van der Waals surface area contributed by atoms with Crippen LogP contribution in [0.4, 0.5) is 0 Å². The molecule has 0 aromatic rings. The third-order valence-electron chi connectivity index (χ3n) is 4.76. The maximum Gasteiger partial charge on any atom is 0.251 e. The van der Waals surface area contributed by atoms with Crippen LogP contribution in [0.15, 0.2) is 0 Å². The normalized spacial score (nSPS) is 28.0. The van der Waals surface area contributed by atoms with Crippen molar-refractivity contribution in [1.82, 2.24) is 9.80 Å². The summed E-state index contributed by atoms with van der Waals surface area (Å²) < 4.78 is 16.0. The molecule has 0 saturated carbocycles. The van der Waals surface area contributed by atoms with Crippen molar-refractivity contribution in [3.63, 3.8) is 0 Å². The lowest BCUT2D eigenvalue weighted by Gasteiger charge is -2.34. The second kappa shape index (κ2) is 8.82. The van der Waals surface area contributed by atoms with Crippen LogP contribution < -0.4 is 0 Å². The highest BCUT2D eigenvalue weighted by atomic mass is 16.5. The van der Waals surface area contributed by atoms with Gasteiger partial charge in [0.15, 0.2) is 0 Å². The van der Waals surface area contributed by atoms with Crippen molar-refractivity contribution in [2.45, 2.75) is 32.4 Å². The van der Waals surface area contributed by atoms with Gasteiger partial charge in [-0.1, -0.05) is 13.3 Å². The summed E-state index contributed by atoms with van der Waals surface area (Å²) in [5.41, 5.74) is 0. The number of methoxy groups -OCH3 is 1. The molecule has 2 rings (SSSR count). The first-order valence-electron chi connectivity index (χ1n) is 8.38. The molecule has 1 amide bonds. The first-order chi connectivity index (χ1) is 10.7. The number of carbonyl (C=O) groups is 1. The Labute approximate surface area is 133 Å². The van der Waals surface area contributed by atoms with Crippen molar-refractivity contribution in [2.75, 3.05) is 59.7 Å². The molecule has 6 heteroatoms. The van der Waals surface area contributed by atoms with Crippen molar-refractivity contribution in [3.05, 3.63) is 0 Å². The highest BCUT2D eigenvalue weighted by Gasteiger charge is 2.39. The minimum absolute atomic E-state index is 0.102. The quantitative estimate of drug-likeness (QED) is 0.644. The molecule has 0 spiro atoms. The minimum Gasteiger partial charge on any atom is -0.382 e. The lowest BCUT2D eigenvalue weighted by atomic mass is 9.99. The van der Waals surface area contributed by atoms with Crippen LogP contribution >= 0.6 is 0 Å². The number of ether oxygens (including phenoxy) is 3. The molecule has 0 aromatic heterocycles. The van der Waals surface area contributed by atoms with Crippen LogP contribution in [0.25, 0.3) is 0 Å². The van der Waals surface area contributed by atoms with E-state index in [4.69, 9.17) is 14.2 Å². The third-order valence-corrected chi connectivity index (χ3v) is 4.76. The summed E-state index contributed by atoms with van der Waals surface area (Å²) in [5, 5.41) is 0. The molecule has 2 aliphatic heterocycles. The summed E-state index contributed by atoms with van der Waals surface area (Å²) in [7, 11) is 1.63. The smallest absolute Gasteiger partial charge is 0.251 e. The van der Waals surface area contributed by atoms with Gasteiger partial charge in [0.1, 0.15) is 6.10 Å². The molecule has 0 unspecified atom stereocenters. The summed E-state index contributed by atoms with van der Waals surface area (Å²) >= 11 is 0. The monoisotopic (exact) mass is 314 g/mol. The molecule has 2 aliphatic rings. The van der Waals surface area contributed by atoms with Crippen LogP contribution in [0, 0.1) is 5.92 Å². The Hall–Kier alpha value is -0.690. The van der Waals surface area contributed by atoms with E-state index in [1.165, 1.54) is 0 Å². The Morgan fingerprint density at radius 1 is 1.27 bits per heavy atom. The summed E-state index contributed by atoms with van der Waals surface area (Å²) in [6.45, 7) is 10.2. The Morgan fingerprint density at radius 3 is 2.64 bits per heavy atom. The van der Waals surface area contributed by atoms with Gasteiger partial charge in [-0.05, 0) is 12.8 Å². The van der Waals surface area contributed by atoms with Crippen LogP contribution in [0.5, 0.6) is 0 Å². The highest BCUT2D eigenvalue weighted by Crippen LogP contribution is 2.26. The van der Waals surface area contributed by atoms with E-state index in [1.807, 2.05) is 11.8 Å². The molecule has 2 heterocycles. The Bertz CT molecular complexity index is 347. The maximum atomic E-state index is 12.5. The largest absolute Gasteiger partial charge is 0.382 e. The molecule has 6 nitrogen and oxygen atoms in total. The minimum atomic E-state index is -0.393. The molecule has 22 heavy (non-hydrogen) atoms. The second-order valence-electron chi connectivity index (χ2n) is 6.13. The topological polar surface area (TPSA) is 51.2 Å². The number of rotatable bonds is 7. The molecule has 2 saturated heterocycles. The lowest BCUT2D eigenvalue weighted by Crippen LogP contribution is -2.47. The standard InChI is InChI=1S/C16H30N2O4/c1-4-14-11-18(16(19)13(2)22-10-9-20-3)12-15(14)17-5-7-21-8-6-17/h13-15H,4-12H2,1-3H3/t13-,14-,15-/m1/s1. The van der Waals surface area contributed by atoms with Crippen LogP contribution in [0.3, 0.4) is 0 Å². The van der Waals surface area contributed by atoms with Gasteiger partial charge >= 0.3 is 0 Å². The zero-order chi connectivity index (χ0) is 15.9. The van der Waals surface area contributed by atoms with Gasteiger partial charge in [0.25, 0.3) is 5.91 Å². The molecule has 0 aromatic carbocycles. The molecule has 0 N–H and O–H groups in total. The van der Waals surface area contributed by atoms with Crippen molar-refractivity contribution < 1.29 is 19.0 Å². The number of likely N-dealkylation sites (tertiary alicyclic amines) is 1. The fraction of sp³-hybridized carbons (Fsp3) is 0.938. The molecule has 0 aliphatic carbocycles. The number of carbonyl (C=O) groups excluding carboxylic acids is 1. The first-order valence-corrected chi connectivity index (χ1v) is 8.38. The van der Waals surface area contributed by atoms with Crippen LogP contribution in [-0.4, -0.2) is 87.6 Å². The van der Waals surface area contributed by atoms with E-state index in [0.29, 0.717) is 25.2 Å². The van der Waals surface area contributed by atoms with Crippen LogP contribution in [-0.2, 0) is 19.0 Å². The molecule has 3 atom stereocenters. The molecular weight excluding hydrogens is 284 g/mol. The molecule has 2 fully saturated rings. The lowest BCUT2D eigenvalue weighted by molar-refractivity contribution is -0.142. The van der Waals surface area contributed by atoms with Gasteiger partial charge < -0.3 is 19.1 Å². The van der Waals surface area contributed by atoms with E-state index in [2.05, 4.69) is 11.8 Å². The number of amides is 1. The summed E-state index contributed by atoms with van der Waals surface area (Å²) in [6.07, 6.45) is 0.709. The van der Waals surface area contributed by atoms with E-state index in [0.717, 1.165) is 45.8 Å². The Kier molecular flexibility index (Phi) is 7.08. The zero-order valence-electron chi connectivity index (χ0n) is 14.1. The summed E-state index contributed by atoms with van der Waals surface area (Å²) in [4.78, 5) is 17.0. The maximum absolute atomic E-state index is 12.5. The fourth-order valence-electron chi connectivity index (χ4n) is 3.39. The van der Waals surface area contributed by atoms with Gasteiger partial charge in [-0.3, -0.25) is 9.69 Å². The predicted molar refractivity (Wildman–Crippen MR) is 83.8 cm³/mol. The van der Waals surface area contributed by atoms with Crippen molar-refractivity contribution >= 4 is 5.91 Å². The van der Waals surface area contributed by atoms with Gasteiger partial charge in [0, 0.05) is 39.3 Å². The highest BCUT2D eigenvalue weighted by molar-refractivity contribution is 5.80. The van der Waals surface area contributed by atoms with Gasteiger partial charge in [-0.2, -0.15) is 0 Å². The van der Waals surface area contributed by atoms with Gasteiger partial charge in [-0.25, -0.2) is 0 Å². The Morgan fingerprint density at radius 2 is 2.00 bits per heavy atom. The van der Waals surface area contributed by atoms with Gasteiger partial charge in [0.2, 0.25) is 0 Å². The average molecular weight is 314 g/mol. The zero-order valence-corrected chi connectivity index (χ0v) is 14.1. The molecular formula is C16H30N2O4. The summed E-state index contributed by atoms with van der Waals surface area (Å²) in [6, 6.07) is 0.462. The number of hydrogen-bond acceptors (Lipinski definition) is 5. The van der Waals surface area contributed by atoms with Gasteiger partial charge in [0.05, 0.1) is 26.4 Å². The fourth-order valence-corrected chi connectivity index (χ4v) is 3.39. The van der Waals surface area contributed by atoms with Crippen molar-refractivity contribution in [3.8, 4) is 0 Å². The van der Waals surface area contributed by atoms with E-state index in [9.17, 15) is 4.79 Å². The van der Waals surface area contributed by atoms with Crippen molar-refractivity contribution in [2.24, 2.45) is 5.92 Å². The second-order valence-corrected chi connectivity index (χ2v) is 6.13. The Balaban J connectivity index is 1.88. The van der Waals surface area contributed by atoms with E-state index in [-0.39, 0.29) is 5.91 Å².